The molecule has 0 aliphatic heterocycles. The van der Waals surface area contributed by atoms with Gasteiger partial charge in [-0.1, -0.05) is 18.2 Å². The van der Waals surface area contributed by atoms with Crippen LogP contribution in [-0.2, 0) is 7.05 Å². The van der Waals surface area contributed by atoms with Crippen molar-refractivity contribution in [1.29, 1.82) is 0 Å². The van der Waals surface area contributed by atoms with Gasteiger partial charge in [-0.05, 0) is 28.1 Å². The highest BCUT2D eigenvalue weighted by molar-refractivity contribution is 9.11. The normalized spacial score (nSPS) is 10.9. The van der Waals surface area contributed by atoms with Crippen LogP contribution in [0, 0.1) is 5.82 Å². The Bertz CT molecular complexity index is 779. The van der Waals surface area contributed by atoms with E-state index in [2.05, 4.69) is 21.0 Å². The van der Waals surface area contributed by atoms with Gasteiger partial charge in [0.05, 0.1) is 9.35 Å². The average Bonchev–Trinajstić information content (AvgIpc) is 2.96. The molecule has 3 nitrogen and oxygen atoms in total. The van der Waals surface area contributed by atoms with Crippen LogP contribution in [0.3, 0.4) is 0 Å². The van der Waals surface area contributed by atoms with E-state index in [1.165, 1.54) is 6.07 Å². The third-order valence-corrected chi connectivity index (χ3v) is 4.58. The number of aromatic nitrogens is 2. The Morgan fingerprint density at radius 2 is 2.10 bits per heavy atom. The fourth-order valence-electron chi connectivity index (χ4n) is 2.10. The van der Waals surface area contributed by atoms with Crippen molar-refractivity contribution >= 4 is 33.1 Å². The van der Waals surface area contributed by atoms with Crippen molar-refractivity contribution in [1.82, 2.24) is 9.78 Å². The summed E-state index contributed by atoms with van der Waals surface area (Å²) >= 11 is 4.98. The molecule has 0 radical (unpaired) electrons. The lowest BCUT2D eigenvalue weighted by Crippen LogP contribution is -1.98. The predicted octanol–water partition coefficient (Wildman–Crippen LogP) is 4.30. The molecule has 2 heterocycles. The van der Waals surface area contributed by atoms with Gasteiger partial charge in [-0.25, -0.2) is 4.39 Å². The molecule has 2 N–H and O–H groups in total. The van der Waals surface area contributed by atoms with Crippen molar-refractivity contribution in [3.05, 3.63) is 45.3 Å². The minimum absolute atomic E-state index is 0.303. The summed E-state index contributed by atoms with van der Waals surface area (Å²) in [5.41, 5.74) is 8.79. The second-order valence-electron chi connectivity index (χ2n) is 4.35. The summed E-state index contributed by atoms with van der Waals surface area (Å²) in [6.07, 6.45) is 0. The molecule has 0 unspecified atom stereocenters. The highest BCUT2D eigenvalue weighted by atomic mass is 79.9. The molecule has 2 aromatic heterocycles. The number of rotatable bonds is 2. The highest BCUT2D eigenvalue weighted by Crippen LogP contribution is 2.39. The van der Waals surface area contributed by atoms with Gasteiger partial charge < -0.3 is 5.73 Å². The van der Waals surface area contributed by atoms with E-state index in [0.29, 0.717) is 22.6 Å². The SMILES string of the molecule is Cn1nc(-c2csc(Br)c2)c(-c2ccccc2F)c1N. The standard InChI is InChI=1S/C14H11BrFN3S/c1-19-14(17)12(9-4-2-3-5-10(9)16)13(18-19)8-6-11(15)20-7-8/h2-7H,17H2,1H3. The van der Waals surface area contributed by atoms with Crippen LogP contribution in [0.25, 0.3) is 22.4 Å². The first-order chi connectivity index (χ1) is 9.58. The molecule has 6 heteroatoms. The van der Waals surface area contributed by atoms with Crippen molar-refractivity contribution in [2.75, 3.05) is 5.73 Å². The van der Waals surface area contributed by atoms with Gasteiger partial charge in [-0.15, -0.1) is 11.3 Å². The molecule has 0 spiro atoms. The third kappa shape index (κ3) is 2.14. The topological polar surface area (TPSA) is 43.8 Å². The second kappa shape index (κ2) is 5.03. The summed E-state index contributed by atoms with van der Waals surface area (Å²) in [5.74, 6) is 0.148. The minimum Gasteiger partial charge on any atom is -0.383 e. The molecule has 0 amide bonds. The molecule has 20 heavy (non-hydrogen) atoms. The number of thiophene rings is 1. The van der Waals surface area contributed by atoms with Gasteiger partial charge in [-0.3, -0.25) is 4.68 Å². The summed E-state index contributed by atoms with van der Waals surface area (Å²) in [4.78, 5) is 0. The Hall–Kier alpha value is -1.66. The number of halogens is 2. The summed E-state index contributed by atoms with van der Waals surface area (Å²) in [5, 5.41) is 6.39. The molecule has 102 valence electrons. The van der Waals surface area contributed by atoms with Crippen LogP contribution in [0.4, 0.5) is 10.2 Å². The lowest BCUT2D eigenvalue weighted by Gasteiger charge is -2.04. The lowest BCUT2D eigenvalue weighted by atomic mass is 10.0. The number of benzene rings is 1. The molecule has 1 aromatic carbocycles. The summed E-state index contributed by atoms with van der Waals surface area (Å²) in [7, 11) is 1.75. The van der Waals surface area contributed by atoms with E-state index in [9.17, 15) is 4.39 Å². The van der Waals surface area contributed by atoms with Gasteiger partial charge in [0, 0.05) is 23.6 Å². The minimum atomic E-state index is -0.303. The Balaban J connectivity index is 2.28. The first kappa shape index (κ1) is 13.3. The molecule has 0 aliphatic carbocycles. The average molecular weight is 352 g/mol. The molecule has 0 fully saturated rings. The molecule has 3 rings (SSSR count). The maximum absolute atomic E-state index is 14.1. The van der Waals surface area contributed by atoms with Crippen LogP contribution in [0.5, 0.6) is 0 Å². The van der Waals surface area contributed by atoms with Crippen LogP contribution in [-0.4, -0.2) is 9.78 Å². The zero-order valence-corrected chi connectivity index (χ0v) is 13.0. The van der Waals surface area contributed by atoms with Crippen molar-refractivity contribution in [3.8, 4) is 22.4 Å². The van der Waals surface area contributed by atoms with E-state index in [1.807, 2.05) is 11.4 Å². The van der Waals surface area contributed by atoms with Crippen molar-refractivity contribution < 1.29 is 4.39 Å². The molecular formula is C14H11BrFN3S. The van der Waals surface area contributed by atoms with Crippen molar-refractivity contribution in [3.63, 3.8) is 0 Å². The Labute approximate surface area is 128 Å². The fraction of sp³-hybridized carbons (Fsp3) is 0.0714. The highest BCUT2D eigenvalue weighted by Gasteiger charge is 2.20. The number of hydrogen-bond donors (Lipinski definition) is 1. The summed E-state index contributed by atoms with van der Waals surface area (Å²) < 4.78 is 16.6. The quantitative estimate of drug-likeness (QED) is 0.747. The van der Waals surface area contributed by atoms with Crippen LogP contribution < -0.4 is 5.73 Å². The van der Waals surface area contributed by atoms with E-state index < -0.39 is 0 Å². The van der Waals surface area contributed by atoms with Crippen LogP contribution >= 0.6 is 27.3 Å². The zero-order chi connectivity index (χ0) is 14.3. The van der Waals surface area contributed by atoms with Gasteiger partial charge in [0.1, 0.15) is 17.3 Å². The van der Waals surface area contributed by atoms with Crippen LogP contribution in [0.15, 0.2) is 39.5 Å². The molecule has 0 bridgehead atoms. The van der Waals surface area contributed by atoms with Gasteiger partial charge >= 0.3 is 0 Å². The molecular weight excluding hydrogens is 341 g/mol. The van der Waals surface area contributed by atoms with E-state index in [4.69, 9.17) is 5.73 Å². The monoisotopic (exact) mass is 351 g/mol. The van der Waals surface area contributed by atoms with E-state index in [-0.39, 0.29) is 5.82 Å². The summed E-state index contributed by atoms with van der Waals surface area (Å²) in [6, 6.07) is 8.55. The smallest absolute Gasteiger partial charge is 0.131 e. The Morgan fingerprint density at radius 3 is 2.75 bits per heavy atom. The number of aryl methyl sites for hydroxylation is 1. The number of nitrogen functional groups attached to an aromatic ring is 1. The maximum Gasteiger partial charge on any atom is 0.131 e. The maximum atomic E-state index is 14.1. The van der Waals surface area contributed by atoms with Crippen molar-refractivity contribution in [2.45, 2.75) is 0 Å². The Kier molecular flexibility index (Phi) is 3.35. The number of hydrogen-bond acceptors (Lipinski definition) is 3. The van der Waals surface area contributed by atoms with Gasteiger partial charge in [0.25, 0.3) is 0 Å². The van der Waals surface area contributed by atoms with E-state index in [0.717, 1.165) is 9.35 Å². The van der Waals surface area contributed by atoms with Crippen LogP contribution in [0.2, 0.25) is 0 Å². The van der Waals surface area contributed by atoms with Gasteiger partial charge in [0.15, 0.2) is 0 Å². The largest absolute Gasteiger partial charge is 0.383 e. The van der Waals surface area contributed by atoms with Gasteiger partial charge in [-0.2, -0.15) is 5.10 Å². The van der Waals surface area contributed by atoms with Crippen molar-refractivity contribution in [2.24, 2.45) is 7.05 Å². The second-order valence-corrected chi connectivity index (χ2v) is 6.64. The lowest BCUT2D eigenvalue weighted by molar-refractivity contribution is 0.631. The number of nitrogens with zero attached hydrogens (tertiary/aromatic N) is 2. The molecule has 3 aromatic rings. The molecule has 0 saturated heterocycles. The first-order valence-electron chi connectivity index (χ1n) is 5.89. The first-order valence-corrected chi connectivity index (χ1v) is 7.57. The fourth-order valence-corrected chi connectivity index (χ4v) is 3.24. The van der Waals surface area contributed by atoms with E-state index in [1.54, 1.807) is 41.3 Å². The number of anilines is 1. The van der Waals surface area contributed by atoms with Gasteiger partial charge in [0.2, 0.25) is 0 Å². The number of nitrogens with two attached hydrogens (primary N) is 1. The molecule has 0 saturated carbocycles. The van der Waals surface area contributed by atoms with Crippen LogP contribution in [0.1, 0.15) is 0 Å². The van der Waals surface area contributed by atoms with E-state index >= 15 is 0 Å². The predicted molar refractivity (Wildman–Crippen MR) is 84.0 cm³/mol. The third-order valence-electron chi connectivity index (χ3n) is 3.08. The molecule has 0 atom stereocenters. The zero-order valence-electron chi connectivity index (χ0n) is 10.6. The Morgan fingerprint density at radius 1 is 1.35 bits per heavy atom. The molecule has 0 aliphatic rings. The summed E-state index contributed by atoms with van der Waals surface area (Å²) in [6.45, 7) is 0.